The van der Waals surface area contributed by atoms with Crippen molar-refractivity contribution in [3.8, 4) is 0 Å². The highest BCUT2D eigenvalue weighted by molar-refractivity contribution is 7.99. The van der Waals surface area contributed by atoms with Gasteiger partial charge < -0.3 is 5.32 Å². The number of nitrogens with one attached hydrogen (secondary N) is 1. The fraction of sp³-hybridized carbons (Fsp3) is 0.429. The summed E-state index contributed by atoms with van der Waals surface area (Å²) in [5.41, 5.74) is 0.636. The zero-order valence-corrected chi connectivity index (χ0v) is 13.0. The lowest BCUT2D eigenvalue weighted by molar-refractivity contribution is 0.0949. The molecule has 0 aliphatic rings. The molecule has 0 atom stereocenters. The summed E-state index contributed by atoms with van der Waals surface area (Å²) >= 11 is 1.60. The number of rotatable bonds is 7. The Bertz CT molecular complexity index is 571. The quantitative estimate of drug-likeness (QED) is 0.625. The van der Waals surface area contributed by atoms with Crippen molar-refractivity contribution < 1.29 is 4.79 Å². The van der Waals surface area contributed by atoms with Crippen LogP contribution in [0.3, 0.4) is 0 Å². The van der Waals surface area contributed by atoms with Gasteiger partial charge in [-0.1, -0.05) is 13.8 Å². The Morgan fingerprint density at radius 1 is 1.48 bits per heavy atom. The van der Waals surface area contributed by atoms with Crippen molar-refractivity contribution in [2.75, 3.05) is 6.54 Å². The standard InChI is InChI=1S/C14H19N5OS/c1-11(2)21-14-12(5-3-6-17-14)13(20)16-7-4-8-19-10-15-9-18-19/h3,5-6,9-11H,4,7-8H2,1-2H3,(H,16,20). The molecule has 0 bridgehead atoms. The van der Waals surface area contributed by atoms with Crippen LogP contribution in [0.1, 0.15) is 30.6 Å². The van der Waals surface area contributed by atoms with Gasteiger partial charge in [-0.05, 0) is 18.6 Å². The summed E-state index contributed by atoms with van der Waals surface area (Å²) < 4.78 is 1.75. The minimum absolute atomic E-state index is 0.0789. The Kier molecular flexibility index (Phi) is 5.74. The molecule has 2 aromatic heterocycles. The van der Waals surface area contributed by atoms with Crippen LogP contribution in [0.25, 0.3) is 0 Å². The summed E-state index contributed by atoms with van der Waals surface area (Å²) in [5, 5.41) is 8.11. The normalized spacial score (nSPS) is 10.8. The van der Waals surface area contributed by atoms with Crippen LogP contribution in [0.4, 0.5) is 0 Å². The van der Waals surface area contributed by atoms with E-state index in [-0.39, 0.29) is 5.91 Å². The van der Waals surface area contributed by atoms with Gasteiger partial charge in [-0.3, -0.25) is 9.48 Å². The lowest BCUT2D eigenvalue weighted by atomic mass is 10.2. The first-order valence-electron chi connectivity index (χ1n) is 6.89. The molecule has 0 aliphatic heterocycles. The third-order valence-electron chi connectivity index (χ3n) is 2.68. The number of aryl methyl sites for hydroxylation is 1. The first-order chi connectivity index (χ1) is 10.2. The third-order valence-corrected chi connectivity index (χ3v) is 3.70. The monoisotopic (exact) mass is 305 g/mol. The topological polar surface area (TPSA) is 72.7 Å². The molecular weight excluding hydrogens is 286 g/mol. The average molecular weight is 305 g/mol. The number of thioether (sulfide) groups is 1. The number of nitrogens with zero attached hydrogens (tertiary/aromatic N) is 4. The van der Waals surface area contributed by atoms with E-state index >= 15 is 0 Å². The van der Waals surface area contributed by atoms with Gasteiger partial charge in [0.25, 0.3) is 5.91 Å². The lowest BCUT2D eigenvalue weighted by Crippen LogP contribution is -2.26. The predicted octanol–water partition coefficient (Wildman–Crippen LogP) is 1.99. The SMILES string of the molecule is CC(C)Sc1ncccc1C(=O)NCCCn1cncn1. The van der Waals surface area contributed by atoms with Gasteiger partial charge in [0.1, 0.15) is 17.7 Å². The molecule has 0 spiro atoms. The van der Waals surface area contributed by atoms with E-state index in [0.29, 0.717) is 17.4 Å². The van der Waals surface area contributed by atoms with E-state index in [1.807, 2.05) is 6.07 Å². The second-order valence-corrected chi connectivity index (χ2v) is 6.36. The van der Waals surface area contributed by atoms with E-state index in [2.05, 4.69) is 34.2 Å². The summed E-state index contributed by atoms with van der Waals surface area (Å²) in [6, 6.07) is 3.60. The molecule has 0 fully saturated rings. The van der Waals surface area contributed by atoms with E-state index in [0.717, 1.165) is 18.0 Å². The Morgan fingerprint density at radius 2 is 2.33 bits per heavy atom. The molecule has 0 radical (unpaired) electrons. The van der Waals surface area contributed by atoms with Gasteiger partial charge in [0, 0.05) is 24.5 Å². The van der Waals surface area contributed by atoms with Gasteiger partial charge >= 0.3 is 0 Å². The highest BCUT2D eigenvalue weighted by Crippen LogP contribution is 2.23. The van der Waals surface area contributed by atoms with Crippen LogP contribution in [0.2, 0.25) is 0 Å². The Morgan fingerprint density at radius 3 is 3.05 bits per heavy atom. The van der Waals surface area contributed by atoms with Crippen molar-refractivity contribution >= 4 is 17.7 Å². The van der Waals surface area contributed by atoms with Crippen molar-refractivity contribution in [1.29, 1.82) is 0 Å². The molecule has 21 heavy (non-hydrogen) atoms. The molecule has 6 nitrogen and oxygen atoms in total. The van der Waals surface area contributed by atoms with Gasteiger partial charge in [0.2, 0.25) is 0 Å². The number of carbonyl (C=O) groups excluding carboxylic acids is 1. The van der Waals surface area contributed by atoms with Crippen molar-refractivity contribution in [1.82, 2.24) is 25.1 Å². The van der Waals surface area contributed by atoms with E-state index in [1.165, 1.54) is 6.33 Å². The van der Waals surface area contributed by atoms with Crippen molar-refractivity contribution in [2.24, 2.45) is 0 Å². The van der Waals surface area contributed by atoms with Crippen molar-refractivity contribution in [2.45, 2.75) is 37.1 Å². The maximum atomic E-state index is 12.2. The number of amides is 1. The molecule has 0 unspecified atom stereocenters. The summed E-state index contributed by atoms with van der Waals surface area (Å²) in [6.45, 7) is 5.50. The Balaban J connectivity index is 1.85. The molecule has 0 saturated carbocycles. The largest absolute Gasteiger partial charge is 0.352 e. The van der Waals surface area contributed by atoms with Gasteiger partial charge in [0.15, 0.2) is 0 Å². The van der Waals surface area contributed by atoms with Crippen LogP contribution < -0.4 is 5.32 Å². The number of carbonyl (C=O) groups is 1. The average Bonchev–Trinajstić information content (AvgIpc) is 2.96. The summed E-state index contributed by atoms with van der Waals surface area (Å²) in [6.07, 6.45) is 5.69. The zero-order chi connectivity index (χ0) is 15.1. The van der Waals surface area contributed by atoms with Crippen molar-refractivity contribution in [3.63, 3.8) is 0 Å². The molecule has 2 rings (SSSR count). The van der Waals surface area contributed by atoms with Gasteiger partial charge in [0.05, 0.1) is 5.56 Å². The fourth-order valence-corrected chi connectivity index (χ4v) is 2.62. The Labute approximate surface area is 128 Å². The summed E-state index contributed by atoms with van der Waals surface area (Å²) in [4.78, 5) is 20.4. The molecule has 7 heteroatoms. The van der Waals surface area contributed by atoms with Gasteiger partial charge in [-0.25, -0.2) is 9.97 Å². The third kappa shape index (κ3) is 4.86. The minimum atomic E-state index is -0.0789. The van der Waals surface area contributed by atoms with E-state index in [1.54, 1.807) is 35.0 Å². The molecule has 2 heterocycles. The molecule has 2 aromatic rings. The minimum Gasteiger partial charge on any atom is -0.352 e. The number of hydrogen-bond acceptors (Lipinski definition) is 5. The second kappa shape index (κ2) is 7.78. The number of pyridine rings is 1. The van der Waals surface area contributed by atoms with Gasteiger partial charge in [-0.2, -0.15) is 5.10 Å². The molecular formula is C14H19N5OS. The Hall–Kier alpha value is -1.89. The zero-order valence-electron chi connectivity index (χ0n) is 12.2. The summed E-state index contributed by atoms with van der Waals surface area (Å²) in [5.74, 6) is -0.0789. The van der Waals surface area contributed by atoms with E-state index < -0.39 is 0 Å². The molecule has 112 valence electrons. The molecule has 0 aliphatic carbocycles. The van der Waals surface area contributed by atoms with E-state index in [9.17, 15) is 4.79 Å². The van der Waals surface area contributed by atoms with Crippen LogP contribution in [0.15, 0.2) is 36.0 Å². The predicted molar refractivity (Wildman–Crippen MR) is 82.2 cm³/mol. The number of aromatic nitrogens is 4. The second-order valence-electron chi connectivity index (χ2n) is 4.79. The van der Waals surface area contributed by atoms with Crippen LogP contribution in [-0.4, -0.2) is 37.5 Å². The molecule has 1 amide bonds. The first kappa shape index (κ1) is 15.5. The molecule has 0 aromatic carbocycles. The number of hydrogen-bond donors (Lipinski definition) is 1. The molecule has 1 N–H and O–H groups in total. The van der Waals surface area contributed by atoms with Crippen molar-refractivity contribution in [3.05, 3.63) is 36.5 Å². The highest BCUT2D eigenvalue weighted by Gasteiger charge is 2.13. The molecule has 0 saturated heterocycles. The maximum Gasteiger partial charge on any atom is 0.254 e. The van der Waals surface area contributed by atoms with Crippen LogP contribution in [-0.2, 0) is 6.54 Å². The lowest BCUT2D eigenvalue weighted by Gasteiger charge is -2.10. The first-order valence-corrected chi connectivity index (χ1v) is 7.77. The smallest absolute Gasteiger partial charge is 0.254 e. The summed E-state index contributed by atoms with van der Waals surface area (Å²) in [7, 11) is 0. The fourth-order valence-electron chi connectivity index (χ4n) is 1.77. The highest BCUT2D eigenvalue weighted by atomic mass is 32.2. The van der Waals surface area contributed by atoms with Crippen LogP contribution in [0.5, 0.6) is 0 Å². The maximum absolute atomic E-state index is 12.2. The van der Waals surface area contributed by atoms with E-state index in [4.69, 9.17) is 0 Å². The van der Waals surface area contributed by atoms with Crippen LogP contribution in [0, 0.1) is 0 Å². The van der Waals surface area contributed by atoms with Crippen LogP contribution >= 0.6 is 11.8 Å². The van der Waals surface area contributed by atoms with Gasteiger partial charge in [-0.15, -0.1) is 11.8 Å².